The summed E-state index contributed by atoms with van der Waals surface area (Å²) in [4.78, 5) is 11.3. The molecule has 2 aromatic carbocycles. The summed E-state index contributed by atoms with van der Waals surface area (Å²) in [5, 5.41) is 9.77. The minimum atomic E-state index is -1.01. The van der Waals surface area contributed by atoms with E-state index in [-0.39, 0.29) is 6.42 Å². The number of carboxylic acids is 1. The lowest BCUT2D eigenvalue weighted by atomic mass is 10.1. The van der Waals surface area contributed by atoms with Gasteiger partial charge in [0.05, 0.1) is 0 Å². The highest BCUT2D eigenvalue weighted by Crippen LogP contribution is 2.19. The third-order valence-electron chi connectivity index (χ3n) is 2.66. The summed E-state index contributed by atoms with van der Waals surface area (Å²) in [6.07, 6.45) is -0.730. The molecule has 0 aliphatic rings. The Labute approximate surface area is 116 Å². The van der Waals surface area contributed by atoms with Crippen molar-refractivity contribution in [1.82, 2.24) is 0 Å². The summed E-state index contributed by atoms with van der Waals surface area (Å²) in [6, 6.07) is 16.0. The third-order valence-corrected chi connectivity index (χ3v) is 3.03. The highest BCUT2D eigenvalue weighted by Gasteiger charge is 2.21. The first kappa shape index (κ1) is 13.4. The lowest BCUT2D eigenvalue weighted by Gasteiger charge is -2.15. The first-order chi connectivity index (χ1) is 9.16. The molecule has 0 aromatic heterocycles. The van der Waals surface area contributed by atoms with Crippen LogP contribution in [0.5, 0.6) is 5.75 Å². The molecule has 0 amide bonds. The second-order valence-electron chi connectivity index (χ2n) is 4.05. The smallest absolute Gasteiger partial charge is 0.345 e. The van der Waals surface area contributed by atoms with Gasteiger partial charge < -0.3 is 9.84 Å². The standard InChI is InChI=1S/C15H13ClO3/c16-13-9-5-4-6-11(13)10-14(15(17)18)19-12-7-2-1-3-8-12/h1-9,14H,10H2,(H,17,18). The first-order valence-corrected chi connectivity index (χ1v) is 6.22. The van der Waals surface area contributed by atoms with Crippen LogP contribution >= 0.6 is 11.6 Å². The van der Waals surface area contributed by atoms with Gasteiger partial charge in [-0.15, -0.1) is 0 Å². The maximum atomic E-state index is 11.3. The SMILES string of the molecule is O=C(O)C(Cc1ccccc1Cl)Oc1ccccc1. The van der Waals surface area contributed by atoms with E-state index in [4.69, 9.17) is 16.3 Å². The van der Waals surface area contributed by atoms with E-state index < -0.39 is 12.1 Å². The maximum Gasteiger partial charge on any atom is 0.345 e. The molecule has 2 rings (SSSR count). The normalized spacial score (nSPS) is 11.8. The maximum absolute atomic E-state index is 11.3. The van der Waals surface area contributed by atoms with Gasteiger partial charge in [0.25, 0.3) is 0 Å². The van der Waals surface area contributed by atoms with Gasteiger partial charge in [0, 0.05) is 11.4 Å². The first-order valence-electron chi connectivity index (χ1n) is 5.85. The van der Waals surface area contributed by atoms with Crippen LogP contribution in [0.1, 0.15) is 5.56 Å². The van der Waals surface area contributed by atoms with Gasteiger partial charge in [0.2, 0.25) is 0 Å². The second-order valence-corrected chi connectivity index (χ2v) is 4.46. The molecule has 0 radical (unpaired) electrons. The van der Waals surface area contributed by atoms with E-state index >= 15 is 0 Å². The summed E-state index contributed by atoms with van der Waals surface area (Å²) < 4.78 is 5.48. The molecule has 0 heterocycles. The quantitative estimate of drug-likeness (QED) is 0.910. The third kappa shape index (κ3) is 3.73. The molecule has 4 heteroatoms. The van der Waals surface area contributed by atoms with Crippen LogP contribution in [0.4, 0.5) is 0 Å². The van der Waals surface area contributed by atoms with E-state index in [9.17, 15) is 9.90 Å². The van der Waals surface area contributed by atoms with Gasteiger partial charge in [-0.2, -0.15) is 0 Å². The lowest BCUT2D eigenvalue weighted by molar-refractivity contribution is -0.145. The molecule has 3 nitrogen and oxygen atoms in total. The highest BCUT2D eigenvalue weighted by atomic mass is 35.5. The number of rotatable bonds is 5. The van der Waals surface area contributed by atoms with E-state index in [1.807, 2.05) is 12.1 Å². The molecule has 19 heavy (non-hydrogen) atoms. The molecule has 2 aromatic rings. The van der Waals surface area contributed by atoms with E-state index in [2.05, 4.69) is 0 Å². The summed E-state index contributed by atoms with van der Waals surface area (Å²) >= 11 is 6.03. The predicted molar refractivity (Wildman–Crippen MR) is 73.6 cm³/mol. The van der Waals surface area contributed by atoms with E-state index in [1.165, 1.54) is 0 Å². The summed E-state index contributed by atoms with van der Waals surface area (Å²) in [5.74, 6) is -0.481. The number of hydrogen-bond donors (Lipinski definition) is 1. The van der Waals surface area contributed by atoms with Crippen molar-refractivity contribution in [2.24, 2.45) is 0 Å². The number of hydrogen-bond acceptors (Lipinski definition) is 2. The lowest BCUT2D eigenvalue weighted by Crippen LogP contribution is -2.29. The van der Waals surface area contributed by atoms with Crippen molar-refractivity contribution >= 4 is 17.6 Å². The molecular weight excluding hydrogens is 264 g/mol. The van der Waals surface area contributed by atoms with Gasteiger partial charge in [-0.05, 0) is 23.8 Å². The Balaban J connectivity index is 2.13. The van der Waals surface area contributed by atoms with Gasteiger partial charge in [0.1, 0.15) is 5.75 Å². The Morgan fingerprint density at radius 2 is 1.74 bits per heavy atom. The minimum absolute atomic E-state index is 0.226. The van der Waals surface area contributed by atoms with Gasteiger partial charge >= 0.3 is 5.97 Å². The van der Waals surface area contributed by atoms with Crippen LogP contribution in [-0.4, -0.2) is 17.2 Å². The van der Waals surface area contributed by atoms with Crippen molar-refractivity contribution in [2.45, 2.75) is 12.5 Å². The zero-order chi connectivity index (χ0) is 13.7. The number of carbonyl (C=O) groups is 1. The molecule has 0 saturated carbocycles. The van der Waals surface area contributed by atoms with Crippen molar-refractivity contribution in [1.29, 1.82) is 0 Å². The van der Waals surface area contributed by atoms with Gasteiger partial charge in [0.15, 0.2) is 6.10 Å². The van der Waals surface area contributed by atoms with Crippen LogP contribution in [0.15, 0.2) is 54.6 Å². The van der Waals surface area contributed by atoms with Crippen molar-refractivity contribution in [3.63, 3.8) is 0 Å². The molecule has 0 aliphatic carbocycles. The predicted octanol–water partition coefficient (Wildman–Crippen LogP) is 3.41. The Bertz CT molecular complexity index is 554. The van der Waals surface area contributed by atoms with Crippen LogP contribution in [-0.2, 0) is 11.2 Å². The minimum Gasteiger partial charge on any atom is -0.478 e. The van der Waals surface area contributed by atoms with Crippen LogP contribution in [0, 0.1) is 0 Å². The van der Waals surface area contributed by atoms with Gasteiger partial charge in [-0.25, -0.2) is 4.79 Å². The molecule has 0 spiro atoms. The largest absolute Gasteiger partial charge is 0.478 e. The molecule has 1 N–H and O–H groups in total. The fourth-order valence-electron chi connectivity index (χ4n) is 1.71. The Hall–Kier alpha value is -2.00. The summed E-state index contributed by atoms with van der Waals surface area (Å²) in [7, 11) is 0. The van der Waals surface area contributed by atoms with Crippen LogP contribution in [0.25, 0.3) is 0 Å². The molecule has 98 valence electrons. The summed E-state index contributed by atoms with van der Waals surface area (Å²) in [5.41, 5.74) is 0.757. The van der Waals surface area contributed by atoms with Crippen LogP contribution < -0.4 is 4.74 Å². The molecule has 0 aliphatic heterocycles. The zero-order valence-electron chi connectivity index (χ0n) is 10.1. The monoisotopic (exact) mass is 276 g/mol. The van der Waals surface area contributed by atoms with Crippen molar-refractivity contribution < 1.29 is 14.6 Å². The topological polar surface area (TPSA) is 46.5 Å². The second kappa shape index (κ2) is 6.25. The Morgan fingerprint density at radius 3 is 2.37 bits per heavy atom. The number of para-hydroxylation sites is 1. The highest BCUT2D eigenvalue weighted by molar-refractivity contribution is 6.31. The van der Waals surface area contributed by atoms with Crippen molar-refractivity contribution in [3.05, 3.63) is 65.2 Å². The average Bonchev–Trinajstić information content (AvgIpc) is 2.41. The Morgan fingerprint density at radius 1 is 1.11 bits per heavy atom. The van der Waals surface area contributed by atoms with Gasteiger partial charge in [-0.3, -0.25) is 0 Å². The van der Waals surface area contributed by atoms with E-state index in [0.717, 1.165) is 5.56 Å². The average molecular weight is 277 g/mol. The summed E-state index contributed by atoms with van der Waals surface area (Å²) in [6.45, 7) is 0. The zero-order valence-corrected chi connectivity index (χ0v) is 10.9. The number of benzene rings is 2. The molecule has 0 fully saturated rings. The fraction of sp³-hybridized carbons (Fsp3) is 0.133. The van der Waals surface area contributed by atoms with E-state index in [1.54, 1.807) is 42.5 Å². The Kier molecular flexibility index (Phi) is 4.42. The molecule has 1 unspecified atom stereocenters. The van der Waals surface area contributed by atoms with Crippen LogP contribution in [0.3, 0.4) is 0 Å². The molecule has 1 atom stereocenters. The molecular formula is C15H13ClO3. The van der Waals surface area contributed by atoms with Crippen molar-refractivity contribution in [2.75, 3.05) is 0 Å². The van der Waals surface area contributed by atoms with Crippen molar-refractivity contribution in [3.8, 4) is 5.75 Å². The molecule has 0 bridgehead atoms. The fourth-order valence-corrected chi connectivity index (χ4v) is 1.92. The number of halogens is 1. The number of ether oxygens (including phenoxy) is 1. The van der Waals surface area contributed by atoms with Crippen LogP contribution in [0.2, 0.25) is 5.02 Å². The molecule has 0 saturated heterocycles. The van der Waals surface area contributed by atoms with Gasteiger partial charge in [-0.1, -0.05) is 48.0 Å². The number of aliphatic carboxylic acids is 1. The van der Waals surface area contributed by atoms with E-state index in [0.29, 0.717) is 10.8 Å². The number of carboxylic acid groups (broad SMARTS) is 1.